The number of rotatable bonds is 10. The van der Waals surface area contributed by atoms with Gasteiger partial charge in [-0.25, -0.2) is 0 Å². The van der Waals surface area contributed by atoms with Crippen molar-refractivity contribution in [2.24, 2.45) is 0 Å². The zero-order valence-corrected chi connectivity index (χ0v) is 64.4. The third-order valence-electron chi connectivity index (χ3n) is 24.0. The Hall–Kier alpha value is -13.5. The monoisotopic (exact) mass is 1520 g/mol. The van der Waals surface area contributed by atoms with E-state index in [1.165, 1.54) is 103 Å². The summed E-state index contributed by atoms with van der Waals surface area (Å²) in [6.07, 6.45) is 0. The van der Waals surface area contributed by atoms with Crippen molar-refractivity contribution in [2.45, 2.75) is 0 Å². The van der Waals surface area contributed by atoms with E-state index in [0.29, 0.717) is 0 Å². The standard InChI is InChI=1S/C102H61B2N5OS4/c1-4-28-62(29-5-1)67-34-10-17-41-76(67)105(63-30-6-2-7-31-63)66-58-86-102-88(59-66)110-87-61-83-74(60-75(87)104(102)73-40-16-19-43-78(73)108(86)81-46-26-54-95-99(81)70-37-13-22-50-91(70)113-95)103-72-39-15-18-42-77(72)107(80-45-25-53-94-98(80)69-36-12-21-49-90(69)112-94)84-56-65(57-85(101(84)103)109(83)82-47-27-55-96-100(82)71-38-14-23-51-92(71)114-96)106(64-32-8-3-9-33-64)79-44-24-52-93-97(79)68-35-11-20-48-89(68)111-93/h1-61H. The zero-order chi connectivity index (χ0) is 74.4. The van der Waals surface area contributed by atoms with Crippen LogP contribution in [0, 0.1) is 0 Å². The van der Waals surface area contributed by atoms with Crippen molar-refractivity contribution in [1.29, 1.82) is 0 Å². The second-order valence-corrected chi connectivity index (χ2v) is 34.4. The fourth-order valence-corrected chi connectivity index (χ4v) is 24.0. The van der Waals surface area contributed by atoms with Crippen molar-refractivity contribution in [3.05, 3.63) is 370 Å². The summed E-state index contributed by atoms with van der Waals surface area (Å²) in [5.74, 6) is 1.62. The van der Waals surface area contributed by atoms with Gasteiger partial charge in [0.1, 0.15) is 11.5 Å². The van der Waals surface area contributed by atoms with Gasteiger partial charge in [0.25, 0.3) is 13.4 Å². The van der Waals surface area contributed by atoms with Gasteiger partial charge in [0.05, 0.1) is 39.8 Å². The highest BCUT2D eigenvalue weighted by atomic mass is 32.1. The van der Waals surface area contributed by atoms with Crippen LogP contribution in [0.1, 0.15) is 0 Å². The molecule has 0 saturated heterocycles. The van der Waals surface area contributed by atoms with E-state index < -0.39 is 0 Å². The first-order valence-corrected chi connectivity index (χ1v) is 42.1. The van der Waals surface area contributed by atoms with Crippen molar-refractivity contribution in [1.82, 2.24) is 0 Å². The van der Waals surface area contributed by atoms with Gasteiger partial charge in [-0.05, 0) is 172 Å². The van der Waals surface area contributed by atoms with Crippen LogP contribution in [-0.4, -0.2) is 13.4 Å². The van der Waals surface area contributed by atoms with Gasteiger partial charge in [-0.2, -0.15) is 0 Å². The summed E-state index contributed by atoms with van der Waals surface area (Å²) in [4.78, 5) is 12.9. The number of fused-ring (bicyclic) bond motifs is 20. The van der Waals surface area contributed by atoms with E-state index in [1.807, 2.05) is 45.3 Å². The lowest BCUT2D eigenvalue weighted by molar-refractivity contribution is 0.488. The van der Waals surface area contributed by atoms with Crippen LogP contribution in [-0.2, 0) is 0 Å². The van der Waals surface area contributed by atoms with Gasteiger partial charge in [0, 0.05) is 144 Å². The molecule has 114 heavy (non-hydrogen) atoms. The van der Waals surface area contributed by atoms with Crippen LogP contribution >= 0.6 is 45.3 Å². The Labute approximate surface area is 674 Å². The molecule has 4 aliphatic rings. The molecule has 6 nitrogen and oxygen atoms in total. The minimum atomic E-state index is -0.276. The van der Waals surface area contributed by atoms with Gasteiger partial charge >= 0.3 is 0 Å². The minimum Gasteiger partial charge on any atom is -0.458 e. The average molecular weight is 1520 g/mol. The lowest BCUT2D eigenvalue weighted by atomic mass is 9.30. The molecular formula is C102H61B2N5OS4. The maximum absolute atomic E-state index is 8.20. The van der Waals surface area contributed by atoms with Crippen molar-refractivity contribution < 1.29 is 4.74 Å². The molecule has 0 atom stereocenters. The first-order chi connectivity index (χ1) is 56.6. The number of hydrogen-bond donors (Lipinski definition) is 0. The van der Waals surface area contributed by atoms with Gasteiger partial charge in [0.2, 0.25) is 0 Å². The molecule has 0 bridgehead atoms. The Morgan fingerprint density at radius 2 is 0.596 bits per heavy atom. The molecule has 0 fully saturated rings. The molecule has 0 radical (unpaired) electrons. The highest BCUT2D eigenvalue weighted by Gasteiger charge is 2.49. The van der Waals surface area contributed by atoms with Crippen LogP contribution in [0.15, 0.2) is 370 Å². The van der Waals surface area contributed by atoms with Crippen molar-refractivity contribution >= 4 is 258 Å². The van der Waals surface area contributed by atoms with E-state index >= 15 is 0 Å². The maximum Gasteiger partial charge on any atom is 0.256 e. The van der Waals surface area contributed by atoms with Crippen molar-refractivity contribution in [2.75, 3.05) is 24.5 Å². The Bertz CT molecular complexity index is 7620. The molecule has 0 amide bonds. The number of anilines is 15. The summed E-state index contributed by atoms with van der Waals surface area (Å²) >= 11 is 7.45. The van der Waals surface area contributed by atoms with Crippen LogP contribution in [0.25, 0.3) is 91.8 Å². The minimum absolute atomic E-state index is 0.272. The predicted molar refractivity (Wildman–Crippen MR) is 493 cm³/mol. The van der Waals surface area contributed by atoms with E-state index in [2.05, 4.69) is 395 Å². The van der Waals surface area contributed by atoms with Gasteiger partial charge in [-0.1, -0.05) is 224 Å². The Morgan fingerprint density at radius 3 is 1.12 bits per heavy atom. The summed E-state index contributed by atoms with van der Waals surface area (Å²) in [6, 6.07) is 139. The number of para-hydroxylation sites is 5. The van der Waals surface area contributed by atoms with E-state index in [4.69, 9.17) is 4.74 Å². The zero-order valence-electron chi connectivity index (χ0n) is 61.2. The molecule has 0 saturated carbocycles. The fraction of sp³-hybridized carbons (Fsp3) is 0. The number of thiophene rings is 4. The number of hydrogen-bond acceptors (Lipinski definition) is 10. The Morgan fingerprint density at radius 1 is 0.228 bits per heavy atom. The highest BCUT2D eigenvalue weighted by molar-refractivity contribution is 7.27. The Balaban J connectivity index is 0.802. The fourth-order valence-electron chi connectivity index (χ4n) is 19.5. The predicted octanol–water partition coefficient (Wildman–Crippen LogP) is 26.3. The molecule has 4 aromatic heterocycles. The summed E-state index contributed by atoms with van der Waals surface area (Å²) in [7, 11) is 0. The van der Waals surface area contributed by atoms with Crippen LogP contribution in [0.4, 0.5) is 85.3 Å². The van der Waals surface area contributed by atoms with Crippen LogP contribution in [0.3, 0.4) is 0 Å². The van der Waals surface area contributed by atoms with Crippen LogP contribution in [0.2, 0.25) is 0 Å². The molecular weight excluding hydrogens is 1460 g/mol. The van der Waals surface area contributed by atoms with Crippen molar-refractivity contribution in [3.63, 3.8) is 0 Å². The summed E-state index contributed by atoms with van der Waals surface area (Å²) in [5, 5.41) is 9.86. The molecule has 8 heterocycles. The third-order valence-corrected chi connectivity index (χ3v) is 28.6. The second kappa shape index (κ2) is 25.0. The topological polar surface area (TPSA) is 25.4 Å². The maximum atomic E-state index is 8.20. The number of ether oxygens (including phenoxy) is 1. The van der Waals surface area contributed by atoms with Crippen molar-refractivity contribution in [3.8, 4) is 22.6 Å². The molecule has 4 aliphatic heterocycles. The molecule has 17 aromatic carbocycles. The lowest BCUT2D eigenvalue weighted by Crippen LogP contribution is -2.64. The molecule has 0 N–H and O–H groups in total. The summed E-state index contributed by atoms with van der Waals surface area (Å²) < 4.78 is 18.2. The van der Waals surface area contributed by atoms with E-state index in [9.17, 15) is 0 Å². The third kappa shape index (κ3) is 9.42. The van der Waals surface area contributed by atoms with Gasteiger partial charge < -0.3 is 29.2 Å². The van der Waals surface area contributed by atoms with E-state index in [1.54, 1.807) is 0 Å². The quantitative estimate of drug-likeness (QED) is 0.127. The largest absolute Gasteiger partial charge is 0.458 e. The number of nitrogens with zero attached hydrogens (tertiary/aromatic N) is 5. The normalized spacial score (nSPS) is 13.1. The van der Waals surface area contributed by atoms with Gasteiger partial charge in [-0.3, -0.25) is 0 Å². The van der Waals surface area contributed by atoms with Crippen LogP contribution in [0.5, 0.6) is 11.5 Å². The molecule has 25 rings (SSSR count). The molecule has 0 aliphatic carbocycles. The molecule has 0 spiro atoms. The summed E-state index contributed by atoms with van der Waals surface area (Å²) in [6.45, 7) is -0.548. The Kier molecular flexibility index (Phi) is 14.1. The molecule has 0 unspecified atom stereocenters. The number of benzene rings is 17. The van der Waals surface area contributed by atoms with Crippen LogP contribution < -0.4 is 62.0 Å². The van der Waals surface area contributed by atoms with Gasteiger partial charge in [-0.15, -0.1) is 45.3 Å². The van der Waals surface area contributed by atoms with E-state index in [-0.39, 0.29) is 13.4 Å². The second-order valence-electron chi connectivity index (χ2n) is 30.0. The average Bonchev–Trinajstić information content (AvgIpc) is 0.853. The first kappa shape index (κ1) is 64.2. The SMILES string of the molecule is c1ccc(-c2ccccc2N(c2ccccc2)c2cc3c4c(c2)N(c2cccc5sc6ccccc6c25)c2ccccc2B4c2cc4c(cc2O3)N(c2cccc3sc5ccccc5c23)c2cc(N(c3ccccc3)c3cccc5sc6ccccc6c35)cc3c2B4c2ccccc2N3c2cccc3sc4ccccc4c23)cc1. The summed E-state index contributed by atoms with van der Waals surface area (Å²) in [5.41, 5.74) is 25.6. The molecule has 530 valence electrons. The van der Waals surface area contributed by atoms with Gasteiger partial charge in [0.15, 0.2) is 0 Å². The van der Waals surface area contributed by atoms with E-state index in [0.717, 1.165) is 119 Å². The smallest absolute Gasteiger partial charge is 0.256 e. The highest BCUT2D eigenvalue weighted by Crippen LogP contribution is 2.57. The first-order valence-electron chi connectivity index (χ1n) is 38.8. The molecule has 12 heteroatoms. The lowest BCUT2D eigenvalue weighted by Gasteiger charge is -2.46. The molecule has 21 aromatic rings.